The molecule has 0 amide bonds. The standard InChI is InChI=1S/C17H13F3N4O3/c18-17(19,20)27-14-6-4-13(5-7-14)24-10-22-15(23-24)8-3-12-2-1-11(9-21-12)16(25)26/h1-2,4-7,9-10H,3,8H2,(H,25,26). The van der Waals surface area contributed by atoms with E-state index in [0.717, 1.165) is 0 Å². The maximum absolute atomic E-state index is 12.2. The minimum absolute atomic E-state index is 0.110. The van der Waals surface area contributed by atoms with Gasteiger partial charge in [0.2, 0.25) is 0 Å². The second-order valence-corrected chi connectivity index (χ2v) is 5.49. The van der Waals surface area contributed by atoms with E-state index in [0.29, 0.717) is 30.0 Å². The summed E-state index contributed by atoms with van der Waals surface area (Å²) in [5.41, 5.74) is 1.34. The van der Waals surface area contributed by atoms with Crippen LogP contribution in [0.4, 0.5) is 13.2 Å². The Balaban J connectivity index is 1.62. The number of alkyl halides is 3. The molecule has 0 unspecified atom stereocenters. The molecule has 1 N–H and O–H groups in total. The number of aromatic carboxylic acids is 1. The molecule has 0 saturated heterocycles. The zero-order valence-corrected chi connectivity index (χ0v) is 13.7. The molecule has 3 aromatic rings. The van der Waals surface area contributed by atoms with Gasteiger partial charge in [0, 0.05) is 18.3 Å². The lowest BCUT2D eigenvalue weighted by Crippen LogP contribution is -2.17. The molecule has 0 atom stereocenters. The Morgan fingerprint density at radius 1 is 1.07 bits per heavy atom. The number of halogens is 3. The maximum atomic E-state index is 12.2. The number of benzene rings is 1. The quantitative estimate of drug-likeness (QED) is 0.709. The first-order valence-electron chi connectivity index (χ1n) is 7.75. The van der Waals surface area contributed by atoms with Crippen LogP contribution < -0.4 is 4.74 Å². The summed E-state index contributed by atoms with van der Waals surface area (Å²) in [6.07, 6.45) is -1.01. The molecule has 0 fully saturated rings. The number of nitrogens with zero attached hydrogens (tertiary/aromatic N) is 4. The number of hydrogen-bond donors (Lipinski definition) is 1. The van der Waals surface area contributed by atoms with E-state index in [-0.39, 0.29) is 11.3 Å². The van der Waals surface area contributed by atoms with Gasteiger partial charge in [-0.05, 0) is 42.8 Å². The van der Waals surface area contributed by atoms with E-state index in [1.165, 1.54) is 47.5 Å². The fourth-order valence-electron chi connectivity index (χ4n) is 2.28. The summed E-state index contributed by atoms with van der Waals surface area (Å²) < 4.78 is 41.8. The topological polar surface area (TPSA) is 90.1 Å². The van der Waals surface area contributed by atoms with Crippen LogP contribution in [0.15, 0.2) is 48.9 Å². The minimum Gasteiger partial charge on any atom is -0.478 e. The van der Waals surface area contributed by atoms with Crippen LogP contribution in [0.25, 0.3) is 5.69 Å². The smallest absolute Gasteiger partial charge is 0.478 e. The summed E-state index contributed by atoms with van der Waals surface area (Å²) in [5.74, 6) is -0.835. The fourth-order valence-corrected chi connectivity index (χ4v) is 2.28. The molecule has 2 aromatic heterocycles. The van der Waals surface area contributed by atoms with Crippen molar-refractivity contribution < 1.29 is 27.8 Å². The Hall–Kier alpha value is -3.43. The average Bonchev–Trinajstić information content (AvgIpc) is 3.08. The van der Waals surface area contributed by atoms with Crippen LogP contribution in [0.2, 0.25) is 0 Å². The highest BCUT2D eigenvalue weighted by Crippen LogP contribution is 2.23. The molecule has 0 saturated carbocycles. The highest BCUT2D eigenvalue weighted by Gasteiger charge is 2.30. The molecular weight excluding hydrogens is 365 g/mol. The van der Waals surface area contributed by atoms with Gasteiger partial charge in [-0.2, -0.15) is 5.10 Å². The van der Waals surface area contributed by atoms with Crippen molar-refractivity contribution >= 4 is 5.97 Å². The molecule has 0 spiro atoms. The number of ether oxygens (including phenoxy) is 1. The molecule has 7 nitrogen and oxygen atoms in total. The normalized spacial score (nSPS) is 11.4. The summed E-state index contributed by atoms with van der Waals surface area (Å²) in [6, 6.07) is 8.36. The lowest BCUT2D eigenvalue weighted by molar-refractivity contribution is -0.274. The van der Waals surface area contributed by atoms with Crippen molar-refractivity contribution in [1.82, 2.24) is 19.7 Å². The summed E-state index contributed by atoms with van der Waals surface area (Å²) in [4.78, 5) is 19.0. The second-order valence-electron chi connectivity index (χ2n) is 5.49. The highest BCUT2D eigenvalue weighted by molar-refractivity contribution is 5.87. The summed E-state index contributed by atoms with van der Waals surface area (Å²) >= 11 is 0. The zero-order chi connectivity index (χ0) is 19.4. The second kappa shape index (κ2) is 7.44. The van der Waals surface area contributed by atoms with E-state index in [2.05, 4.69) is 19.8 Å². The predicted molar refractivity (Wildman–Crippen MR) is 86.6 cm³/mol. The Kier molecular flexibility index (Phi) is 5.06. The van der Waals surface area contributed by atoms with Crippen molar-refractivity contribution in [2.24, 2.45) is 0 Å². The van der Waals surface area contributed by atoms with Crippen LogP contribution >= 0.6 is 0 Å². The van der Waals surface area contributed by atoms with E-state index < -0.39 is 12.3 Å². The van der Waals surface area contributed by atoms with Gasteiger partial charge in [-0.15, -0.1) is 13.2 Å². The van der Waals surface area contributed by atoms with Crippen LogP contribution in [-0.2, 0) is 12.8 Å². The third-order valence-electron chi connectivity index (χ3n) is 3.55. The van der Waals surface area contributed by atoms with E-state index >= 15 is 0 Å². The molecule has 2 heterocycles. The van der Waals surface area contributed by atoms with Crippen LogP contribution in [0.1, 0.15) is 21.9 Å². The number of hydrogen-bond acceptors (Lipinski definition) is 5. The van der Waals surface area contributed by atoms with Gasteiger partial charge in [-0.3, -0.25) is 4.98 Å². The number of rotatable bonds is 6. The van der Waals surface area contributed by atoms with Crippen molar-refractivity contribution in [2.75, 3.05) is 0 Å². The first kappa shape index (κ1) is 18.4. The van der Waals surface area contributed by atoms with Gasteiger partial charge < -0.3 is 9.84 Å². The first-order valence-corrected chi connectivity index (χ1v) is 7.75. The summed E-state index contributed by atoms with van der Waals surface area (Å²) in [7, 11) is 0. The number of aromatic nitrogens is 4. The van der Waals surface area contributed by atoms with Gasteiger partial charge in [0.25, 0.3) is 0 Å². The fraction of sp³-hybridized carbons (Fsp3) is 0.176. The van der Waals surface area contributed by atoms with E-state index in [9.17, 15) is 18.0 Å². The van der Waals surface area contributed by atoms with Crippen molar-refractivity contribution in [3.63, 3.8) is 0 Å². The van der Waals surface area contributed by atoms with Gasteiger partial charge in [0.15, 0.2) is 5.82 Å². The summed E-state index contributed by atoms with van der Waals surface area (Å²) in [6.45, 7) is 0. The average molecular weight is 378 g/mol. The van der Waals surface area contributed by atoms with Gasteiger partial charge in [-0.25, -0.2) is 14.5 Å². The van der Waals surface area contributed by atoms with Crippen molar-refractivity contribution in [2.45, 2.75) is 19.2 Å². The maximum Gasteiger partial charge on any atom is 0.573 e. The SMILES string of the molecule is O=C(O)c1ccc(CCc2ncn(-c3ccc(OC(F)(F)F)cc3)n2)nc1. The number of pyridine rings is 1. The number of aryl methyl sites for hydroxylation is 2. The molecule has 1 aromatic carbocycles. The van der Waals surface area contributed by atoms with E-state index in [4.69, 9.17) is 5.11 Å². The monoisotopic (exact) mass is 378 g/mol. The largest absolute Gasteiger partial charge is 0.573 e. The van der Waals surface area contributed by atoms with Crippen LogP contribution in [0.5, 0.6) is 5.75 Å². The third kappa shape index (κ3) is 5.03. The molecule has 0 radical (unpaired) electrons. The summed E-state index contributed by atoms with van der Waals surface area (Å²) in [5, 5.41) is 13.1. The number of carboxylic acid groups (broad SMARTS) is 1. The molecule has 140 valence electrons. The molecule has 10 heteroatoms. The Morgan fingerprint density at radius 2 is 1.81 bits per heavy atom. The Labute approximate surface area is 151 Å². The molecule has 3 rings (SSSR count). The zero-order valence-electron chi connectivity index (χ0n) is 13.7. The third-order valence-corrected chi connectivity index (χ3v) is 3.55. The lowest BCUT2D eigenvalue weighted by atomic mass is 10.2. The number of carboxylic acids is 1. The van der Waals surface area contributed by atoms with Crippen molar-refractivity contribution in [3.05, 3.63) is 66.0 Å². The Morgan fingerprint density at radius 3 is 2.41 bits per heavy atom. The molecule has 0 aliphatic heterocycles. The van der Waals surface area contributed by atoms with Gasteiger partial charge >= 0.3 is 12.3 Å². The Bertz CT molecular complexity index is 922. The van der Waals surface area contributed by atoms with Crippen LogP contribution in [-0.4, -0.2) is 37.2 Å². The minimum atomic E-state index is -4.74. The van der Waals surface area contributed by atoms with Crippen molar-refractivity contribution in [3.8, 4) is 11.4 Å². The van der Waals surface area contributed by atoms with Crippen LogP contribution in [0.3, 0.4) is 0 Å². The molecule has 0 aliphatic carbocycles. The van der Waals surface area contributed by atoms with Gasteiger partial charge in [0.05, 0.1) is 11.3 Å². The van der Waals surface area contributed by atoms with Crippen LogP contribution in [0, 0.1) is 0 Å². The first-order chi connectivity index (χ1) is 12.8. The molecule has 0 bridgehead atoms. The van der Waals surface area contributed by atoms with Gasteiger partial charge in [0.1, 0.15) is 12.1 Å². The highest BCUT2D eigenvalue weighted by atomic mass is 19.4. The molecule has 27 heavy (non-hydrogen) atoms. The number of carbonyl (C=O) groups is 1. The lowest BCUT2D eigenvalue weighted by Gasteiger charge is -2.09. The predicted octanol–water partition coefficient (Wildman–Crippen LogP) is 3.04. The molecule has 0 aliphatic rings. The van der Waals surface area contributed by atoms with Crippen molar-refractivity contribution in [1.29, 1.82) is 0 Å². The van der Waals surface area contributed by atoms with E-state index in [1.807, 2.05) is 0 Å². The van der Waals surface area contributed by atoms with Gasteiger partial charge in [-0.1, -0.05) is 0 Å². The molecular formula is C17H13F3N4O3. The van der Waals surface area contributed by atoms with E-state index in [1.54, 1.807) is 6.07 Å².